The Kier molecular flexibility index (Phi) is 3.95. The summed E-state index contributed by atoms with van der Waals surface area (Å²) in [7, 11) is 2.02. The molecule has 1 aromatic heterocycles. The fourth-order valence-electron chi connectivity index (χ4n) is 1.48. The molecule has 0 bridgehead atoms. The van der Waals surface area contributed by atoms with Gasteiger partial charge in [-0.05, 0) is 41.9 Å². The van der Waals surface area contributed by atoms with Crippen molar-refractivity contribution in [1.82, 2.24) is 5.32 Å². The SMILES string of the molecule is CNC(c1sc(C)cc1Br)C(C)C. The van der Waals surface area contributed by atoms with Crippen molar-refractivity contribution in [3.05, 3.63) is 20.3 Å². The van der Waals surface area contributed by atoms with E-state index in [1.807, 2.05) is 18.4 Å². The molecule has 0 aliphatic heterocycles. The highest BCUT2D eigenvalue weighted by Gasteiger charge is 2.18. The van der Waals surface area contributed by atoms with Gasteiger partial charge in [0.2, 0.25) is 0 Å². The third-order valence-electron chi connectivity index (χ3n) is 2.10. The van der Waals surface area contributed by atoms with Gasteiger partial charge in [-0.3, -0.25) is 0 Å². The van der Waals surface area contributed by atoms with E-state index in [-0.39, 0.29) is 0 Å². The zero-order valence-electron chi connectivity index (χ0n) is 8.52. The van der Waals surface area contributed by atoms with Crippen molar-refractivity contribution in [2.24, 2.45) is 5.92 Å². The van der Waals surface area contributed by atoms with Crippen molar-refractivity contribution in [1.29, 1.82) is 0 Å². The van der Waals surface area contributed by atoms with E-state index in [4.69, 9.17) is 0 Å². The van der Waals surface area contributed by atoms with Gasteiger partial charge in [-0.25, -0.2) is 0 Å². The first-order valence-corrected chi connectivity index (χ1v) is 6.10. The lowest BCUT2D eigenvalue weighted by Gasteiger charge is -2.19. The van der Waals surface area contributed by atoms with E-state index in [1.54, 1.807) is 0 Å². The molecular formula is C10H16BrNS. The minimum Gasteiger partial charge on any atom is -0.312 e. The van der Waals surface area contributed by atoms with E-state index in [2.05, 4.69) is 48.1 Å². The van der Waals surface area contributed by atoms with Crippen LogP contribution in [0.5, 0.6) is 0 Å². The summed E-state index contributed by atoms with van der Waals surface area (Å²) in [4.78, 5) is 2.78. The van der Waals surface area contributed by atoms with Crippen molar-refractivity contribution >= 4 is 27.3 Å². The summed E-state index contributed by atoms with van der Waals surface area (Å²) >= 11 is 5.46. The number of rotatable bonds is 3. The highest BCUT2D eigenvalue weighted by Crippen LogP contribution is 2.35. The molecule has 0 aromatic carbocycles. The van der Waals surface area contributed by atoms with Gasteiger partial charge in [0.15, 0.2) is 0 Å². The zero-order valence-corrected chi connectivity index (χ0v) is 10.9. The van der Waals surface area contributed by atoms with E-state index in [0.717, 1.165) is 0 Å². The number of halogens is 1. The summed E-state index contributed by atoms with van der Waals surface area (Å²) in [5.41, 5.74) is 0. The highest BCUT2D eigenvalue weighted by atomic mass is 79.9. The lowest BCUT2D eigenvalue weighted by Crippen LogP contribution is -2.20. The first-order chi connectivity index (χ1) is 6.06. The summed E-state index contributed by atoms with van der Waals surface area (Å²) in [6.45, 7) is 6.62. The number of hydrogen-bond acceptors (Lipinski definition) is 2. The van der Waals surface area contributed by atoms with Crippen molar-refractivity contribution in [2.45, 2.75) is 26.8 Å². The number of hydrogen-bond donors (Lipinski definition) is 1. The van der Waals surface area contributed by atoms with E-state index in [9.17, 15) is 0 Å². The molecule has 0 aliphatic rings. The first-order valence-electron chi connectivity index (χ1n) is 4.49. The van der Waals surface area contributed by atoms with E-state index < -0.39 is 0 Å². The predicted octanol–water partition coefficient (Wildman–Crippen LogP) is 3.74. The maximum atomic E-state index is 3.60. The van der Waals surface area contributed by atoms with Crippen molar-refractivity contribution < 1.29 is 0 Å². The molecule has 13 heavy (non-hydrogen) atoms. The van der Waals surface area contributed by atoms with Crippen LogP contribution in [0.2, 0.25) is 0 Å². The molecule has 1 unspecified atom stereocenters. The summed E-state index contributed by atoms with van der Waals surface area (Å²) in [5, 5.41) is 3.35. The summed E-state index contributed by atoms with van der Waals surface area (Å²) < 4.78 is 1.24. The molecule has 0 amide bonds. The molecular weight excluding hydrogens is 246 g/mol. The summed E-state index contributed by atoms with van der Waals surface area (Å²) in [6.07, 6.45) is 0. The average Bonchev–Trinajstić information content (AvgIpc) is 2.31. The second-order valence-corrected chi connectivity index (χ2v) is 5.72. The molecule has 0 radical (unpaired) electrons. The van der Waals surface area contributed by atoms with Crippen LogP contribution in [-0.4, -0.2) is 7.05 Å². The molecule has 1 nitrogen and oxygen atoms in total. The normalized spacial score (nSPS) is 13.7. The average molecular weight is 262 g/mol. The monoisotopic (exact) mass is 261 g/mol. The lowest BCUT2D eigenvalue weighted by molar-refractivity contribution is 0.448. The van der Waals surface area contributed by atoms with Crippen LogP contribution in [0, 0.1) is 12.8 Å². The Balaban J connectivity index is 2.97. The fourth-order valence-corrected chi connectivity index (χ4v) is 3.66. The lowest BCUT2D eigenvalue weighted by atomic mass is 10.0. The van der Waals surface area contributed by atoms with Gasteiger partial charge in [-0.2, -0.15) is 0 Å². The third kappa shape index (κ3) is 2.55. The molecule has 1 N–H and O–H groups in total. The standard InChI is InChI=1S/C10H16BrNS/c1-6(2)9(12-4)10-8(11)5-7(3)13-10/h5-6,9,12H,1-4H3. The summed E-state index contributed by atoms with van der Waals surface area (Å²) in [5.74, 6) is 0.624. The van der Waals surface area contributed by atoms with Gasteiger partial charge in [-0.15, -0.1) is 11.3 Å². The second kappa shape index (κ2) is 4.58. The van der Waals surface area contributed by atoms with Gasteiger partial charge < -0.3 is 5.32 Å². The molecule has 0 aliphatic carbocycles. The fraction of sp³-hybridized carbons (Fsp3) is 0.600. The number of nitrogens with one attached hydrogen (secondary N) is 1. The van der Waals surface area contributed by atoms with Gasteiger partial charge in [0.25, 0.3) is 0 Å². The van der Waals surface area contributed by atoms with Crippen molar-refractivity contribution in [2.75, 3.05) is 7.05 Å². The Morgan fingerprint density at radius 3 is 2.38 bits per heavy atom. The van der Waals surface area contributed by atoms with E-state index in [1.165, 1.54) is 14.2 Å². The Bertz CT molecular complexity index is 280. The van der Waals surface area contributed by atoms with Crippen LogP contribution in [0.4, 0.5) is 0 Å². The van der Waals surface area contributed by atoms with Gasteiger partial charge >= 0.3 is 0 Å². The van der Waals surface area contributed by atoms with Crippen LogP contribution in [0.15, 0.2) is 10.5 Å². The predicted molar refractivity (Wildman–Crippen MR) is 63.4 cm³/mol. The second-order valence-electron chi connectivity index (χ2n) is 3.58. The van der Waals surface area contributed by atoms with Crippen molar-refractivity contribution in [3.8, 4) is 0 Å². The maximum absolute atomic E-state index is 3.60. The molecule has 0 saturated heterocycles. The quantitative estimate of drug-likeness (QED) is 0.875. The smallest absolute Gasteiger partial charge is 0.0447 e. The maximum Gasteiger partial charge on any atom is 0.0447 e. The third-order valence-corrected chi connectivity index (χ3v) is 4.15. The Morgan fingerprint density at radius 1 is 1.46 bits per heavy atom. The van der Waals surface area contributed by atoms with Crippen LogP contribution >= 0.6 is 27.3 Å². The van der Waals surface area contributed by atoms with Crippen molar-refractivity contribution in [3.63, 3.8) is 0 Å². The number of aryl methyl sites for hydroxylation is 1. The van der Waals surface area contributed by atoms with Crippen LogP contribution in [-0.2, 0) is 0 Å². The molecule has 74 valence electrons. The van der Waals surface area contributed by atoms with Gasteiger partial charge in [0.05, 0.1) is 0 Å². The molecule has 1 aromatic rings. The molecule has 1 atom stereocenters. The van der Waals surface area contributed by atoms with Gasteiger partial charge in [-0.1, -0.05) is 13.8 Å². The first kappa shape index (κ1) is 11.2. The molecule has 0 fully saturated rings. The Labute approximate surface area is 92.7 Å². The van der Waals surface area contributed by atoms with Gasteiger partial charge in [0, 0.05) is 20.3 Å². The Hall–Kier alpha value is 0.140. The zero-order chi connectivity index (χ0) is 10.0. The number of thiophene rings is 1. The molecule has 1 rings (SSSR count). The largest absolute Gasteiger partial charge is 0.312 e. The van der Waals surface area contributed by atoms with Gasteiger partial charge in [0.1, 0.15) is 0 Å². The summed E-state index contributed by atoms with van der Waals surface area (Å²) in [6, 6.07) is 2.65. The van der Waals surface area contributed by atoms with E-state index in [0.29, 0.717) is 12.0 Å². The van der Waals surface area contributed by atoms with Crippen LogP contribution in [0.1, 0.15) is 29.6 Å². The van der Waals surface area contributed by atoms with Crippen LogP contribution in [0.3, 0.4) is 0 Å². The minimum absolute atomic E-state index is 0.466. The molecule has 0 saturated carbocycles. The highest BCUT2D eigenvalue weighted by molar-refractivity contribution is 9.10. The molecule has 3 heteroatoms. The molecule has 0 spiro atoms. The Morgan fingerprint density at radius 2 is 2.08 bits per heavy atom. The molecule has 1 heterocycles. The van der Waals surface area contributed by atoms with Crippen LogP contribution < -0.4 is 5.32 Å². The topological polar surface area (TPSA) is 12.0 Å². The minimum atomic E-state index is 0.466. The van der Waals surface area contributed by atoms with Crippen LogP contribution in [0.25, 0.3) is 0 Å². The van der Waals surface area contributed by atoms with E-state index >= 15 is 0 Å².